The summed E-state index contributed by atoms with van der Waals surface area (Å²) in [5.41, 5.74) is 0.901. The van der Waals surface area contributed by atoms with Gasteiger partial charge < -0.3 is 4.74 Å². The SMILES string of the molecule is CCOc1ccccc1C(=O)c1c(Cl)cnn1CC. The summed E-state index contributed by atoms with van der Waals surface area (Å²) in [5.74, 6) is 0.392. The van der Waals surface area contributed by atoms with Crippen LogP contribution in [0.4, 0.5) is 0 Å². The van der Waals surface area contributed by atoms with Crippen LogP contribution in [0.3, 0.4) is 0 Å². The molecule has 0 aliphatic heterocycles. The maximum absolute atomic E-state index is 12.6. The van der Waals surface area contributed by atoms with E-state index in [2.05, 4.69) is 5.10 Å². The Balaban J connectivity index is 2.47. The third kappa shape index (κ3) is 2.63. The molecule has 0 saturated heterocycles. The largest absolute Gasteiger partial charge is 0.493 e. The number of benzene rings is 1. The summed E-state index contributed by atoms with van der Waals surface area (Å²) in [7, 11) is 0. The van der Waals surface area contributed by atoms with E-state index in [1.54, 1.807) is 22.9 Å². The van der Waals surface area contributed by atoms with Gasteiger partial charge >= 0.3 is 0 Å². The second-order valence-electron chi connectivity index (χ2n) is 3.92. The number of hydrogen-bond donors (Lipinski definition) is 0. The lowest BCUT2D eigenvalue weighted by Gasteiger charge is -2.10. The summed E-state index contributed by atoms with van der Waals surface area (Å²) in [6.45, 7) is 4.88. The molecule has 19 heavy (non-hydrogen) atoms. The highest BCUT2D eigenvalue weighted by molar-refractivity contribution is 6.34. The Hall–Kier alpha value is -1.81. The van der Waals surface area contributed by atoms with Gasteiger partial charge in [0.1, 0.15) is 11.4 Å². The van der Waals surface area contributed by atoms with E-state index in [1.165, 1.54) is 6.20 Å². The Kier molecular flexibility index (Phi) is 4.22. The van der Waals surface area contributed by atoms with Gasteiger partial charge in [0.25, 0.3) is 0 Å². The molecule has 1 aromatic carbocycles. The van der Waals surface area contributed by atoms with E-state index >= 15 is 0 Å². The summed E-state index contributed by atoms with van der Waals surface area (Å²) < 4.78 is 7.07. The first kappa shape index (κ1) is 13.6. The number of aryl methyl sites for hydroxylation is 1. The van der Waals surface area contributed by atoms with Crippen molar-refractivity contribution in [1.29, 1.82) is 0 Å². The summed E-state index contributed by atoms with van der Waals surface area (Å²) >= 11 is 6.05. The maximum Gasteiger partial charge on any atom is 0.216 e. The van der Waals surface area contributed by atoms with Crippen LogP contribution in [0.1, 0.15) is 29.9 Å². The van der Waals surface area contributed by atoms with E-state index < -0.39 is 0 Å². The average molecular weight is 279 g/mol. The lowest BCUT2D eigenvalue weighted by atomic mass is 10.1. The van der Waals surface area contributed by atoms with Crippen molar-refractivity contribution in [3.63, 3.8) is 0 Å². The Morgan fingerprint density at radius 2 is 2.11 bits per heavy atom. The Morgan fingerprint density at radius 1 is 1.37 bits per heavy atom. The van der Waals surface area contributed by atoms with Crippen molar-refractivity contribution in [1.82, 2.24) is 9.78 Å². The highest BCUT2D eigenvalue weighted by atomic mass is 35.5. The van der Waals surface area contributed by atoms with Gasteiger partial charge in [-0.05, 0) is 26.0 Å². The van der Waals surface area contributed by atoms with Gasteiger partial charge in [0.2, 0.25) is 5.78 Å². The molecule has 0 amide bonds. The molecule has 0 aliphatic rings. The van der Waals surface area contributed by atoms with Crippen molar-refractivity contribution in [2.24, 2.45) is 0 Å². The molecule has 0 spiro atoms. The van der Waals surface area contributed by atoms with Crippen molar-refractivity contribution in [3.8, 4) is 5.75 Å². The summed E-state index contributed by atoms with van der Waals surface area (Å²) in [6, 6.07) is 7.14. The lowest BCUT2D eigenvalue weighted by molar-refractivity contribution is 0.102. The number of aromatic nitrogens is 2. The zero-order valence-electron chi connectivity index (χ0n) is 10.9. The number of halogens is 1. The van der Waals surface area contributed by atoms with Crippen molar-refractivity contribution in [3.05, 3.63) is 46.7 Å². The molecule has 1 aromatic heterocycles. The number of nitrogens with zero attached hydrogens (tertiary/aromatic N) is 2. The first-order valence-electron chi connectivity index (χ1n) is 6.16. The van der Waals surface area contributed by atoms with Crippen molar-refractivity contribution < 1.29 is 9.53 Å². The normalized spacial score (nSPS) is 10.5. The smallest absolute Gasteiger partial charge is 0.216 e. The fourth-order valence-electron chi connectivity index (χ4n) is 1.89. The third-order valence-electron chi connectivity index (χ3n) is 2.74. The van der Waals surface area contributed by atoms with E-state index in [4.69, 9.17) is 16.3 Å². The minimum absolute atomic E-state index is 0.173. The summed E-state index contributed by atoms with van der Waals surface area (Å²) in [5, 5.41) is 4.44. The Labute approximate surface area is 116 Å². The summed E-state index contributed by atoms with van der Waals surface area (Å²) in [6.07, 6.45) is 1.49. The van der Waals surface area contributed by atoms with Gasteiger partial charge in [-0.25, -0.2) is 0 Å². The summed E-state index contributed by atoms with van der Waals surface area (Å²) in [4.78, 5) is 12.6. The first-order chi connectivity index (χ1) is 9.19. The van der Waals surface area contributed by atoms with Crippen LogP contribution in [-0.2, 0) is 6.54 Å². The predicted molar refractivity (Wildman–Crippen MR) is 74.0 cm³/mol. The van der Waals surface area contributed by atoms with Gasteiger partial charge in [-0.1, -0.05) is 23.7 Å². The highest BCUT2D eigenvalue weighted by Crippen LogP contribution is 2.25. The van der Waals surface area contributed by atoms with Crippen LogP contribution in [0.2, 0.25) is 5.02 Å². The van der Waals surface area contributed by atoms with Crippen LogP contribution in [-0.4, -0.2) is 22.2 Å². The van der Waals surface area contributed by atoms with E-state index in [1.807, 2.05) is 19.9 Å². The van der Waals surface area contributed by atoms with Crippen molar-refractivity contribution in [2.75, 3.05) is 6.61 Å². The number of hydrogen-bond acceptors (Lipinski definition) is 3. The van der Waals surface area contributed by atoms with Crippen LogP contribution >= 0.6 is 11.6 Å². The van der Waals surface area contributed by atoms with E-state index in [0.717, 1.165) is 0 Å². The monoisotopic (exact) mass is 278 g/mol. The standard InChI is InChI=1S/C14H15ClN2O2/c1-3-17-13(11(15)9-16-17)14(18)10-7-5-6-8-12(10)19-4-2/h5-9H,3-4H2,1-2H3. The third-order valence-corrected chi connectivity index (χ3v) is 3.02. The number of ether oxygens (including phenoxy) is 1. The van der Waals surface area contributed by atoms with Gasteiger partial charge in [-0.15, -0.1) is 0 Å². The quantitative estimate of drug-likeness (QED) is 0.789. The molecule has 2 rings (SSSR count). The molecule has 0 unspecified atom stereocenters. The maximum atomic E-state index is 12.6. The number of rotatable bonds is 5. The van der Waals surface area contributed by atoms with E-state index in [9.17, 15) is 4.79 Å². The molecular formula is C14H15ClN2O2. The number of ketones is 1. The Morgan fingerprint density at radius 3 is 2.79 bits per heavy atom. The molecular weight excluding hydrogens is 264 g/mol. The van der Waals surface area contributed by atoms with Crippen LogP contribution < -0.4 is 4.74 Å². The molecule has 5 heteroatoms. The first-order valence-corrected chi connectivity index (χ1v) is 6.54. The van der Waals surface area contributed by atoms with Gasteiger partial charge in [0, 0.05) is 6.54 Å². The van der Waals surface area contributed by atoms with Crippen LogP contribution in [0.15, 0.2) is 30.5 Å². The minimum atomic E-state index is -0.173. The van der Waals surface area contributed by atoms with Gasteiger partial charge in [-0.3, -0.25) is 9.48 Å². The van der Waals surface area contributed by atoms with Crippen LogP contribution in [0.5, 0.6) is 5.75 Å². The molecule has 4 nitrogen and oxygen atoms in total. The van der Waals surface area contributed by atoms with Gasteiger partial charge in [0.05, 0.1) is 23.4 Å². The topological polar surface area (TPSA) is 44.1 Å². The van der Waals surface area contributed by atoms with Crippen molar-refractivity contribution in [2.45, 2.75) is 20.4 Å². The van der Waals surface area contributed by atoms with E-state index in [0.29, 0.717) is 35.2 Å². The highest BCUT2D eigenvalue weighted by Gasteiger charge is 2.21. The number of para-hydroxylation sites is 1. The zero-order valence-corrected chi connectivity index (χ0v) is 11.6. The number of carbonyl (C=O) groups is 1. The molecule has 0 bridgehead atoms. The predicted octanol–water partition coefficient (Wildman–Crippen LogP) is 3.19. The molecule has 0 aliphatic carbocycles. The minimum Gasteiger partial charge on any atom is -0.493 e. The van der Waals surface area contributed by atoms with Gasteiger partial charge in [0.15, 0.2) is 0 Å². The molecule has 1 heterocycles. The molecule has 0 radical (unpaired) electrons. The molecule has 2 aromatic rings. The average Bonchev–Trinajstić information content (AvgIpc) is 2.80. The molecule has 0 saturated carbocycles. The second-order valence-corrected chi connectivity index (χ2v) is 4.32. The van der Waals surface area contributed by atoms with Gasteiger partial charge in [-0.2, -0.15) is 5.10 Å². The van der Waals surface area contributed by atoms with Crippen LogP contribution in [0, 0.1) is 0 Å². The van der Waals surface area contributed by atoms with E-state index in [-0.39, 0.29) is 5.78 Å². The lowest BCUT2D eigenvalue weighted by Crippen LogP contribution is -2.12. The van der Waals surface area contributed by atoms with Crippen LogP contribution in [0.25, 0.3) is 0 Å². The second kappa shape index (κ2) is 5.89. The zero-order chi connectivity index (χ0) is 13.8. The Bertz CT molecular complexity index is 593. The van der Waals surface area contributed by atoms with Crippen molar-refractivity contribution >= 4 is 17.4 Å². The molecule has 0 fully saturated rings. The molecule has 0 N–H and O–H groups in total. The molecule has 0 atom stereocenters. The fraction of sp³-hybridized carbons (Fsp3) is 0.286. The fourth-order valence-corrected chi connectivity index (χ4v) is 2.12. The molecule has 100 valence electrons. The number of carbonyl (C=O) groups excluding carboxylic acids is 1.